The van der Waals surface area contributed by atoms with E-state index in [0.29, 0.717) is 0 Å². The van der Waals surface area contributed by atoms with Gasteiger partial charge in [0.2, 0.25) is 0 Å². The van der Waals surface area contributed by atoms with Crippen LogP contribution in [0.5, 0.6) is 0 Å². The maximum absolute atomic E-state index is 5.35. The van der Waals surface area contributed by atoms with Crippen LogP contribution in [-0.4, -0.2) is 36.8 Å². The molecule has 0 spiro atoms. The van der Waals surface area contributed by atoms with Gasteiger partial charge in [0.05, 0.1) is 0 Å². The van der Waals surface area contributed by atoms with Crippen molar-refractivity contribution in [3.8, 4) is 0 Å². The van der Waals surface area contributed by atoms with Crippen LogP contribution in [0.4, 0.5) is 0 Å². The fraction of sp³-hybridized carbons (Fsp3) is 1.00. The minimum Gasteiger partial charge on any atom is -0.381 e. The molecule has 1 N–H and O–H groups in total. The molecule has 1 heterocycles. The lowest BCUT2D eigenvalue weighted by Gasteiger charge is -2.22. The number of ether oxygens (including phenoxy) is 1. The second-order valence-electron chi connectivity index (χ2n) is 4.15. The molecule has 1 fully saturated rings. The monoisotopic (exact) mass is 231 g/mol. The first-order valence-corrected chi connectivity index (χ1v) is 7.34. The molecule has 1 rings (SSSR count). The Labute approximate surface area is 98.5 Å². The SMILES string of the molecule is CCC(CC)NCCSC1CCOCC1. The van der Waals surface area contributed by atoms with Crippen molar-refractivity contribution in [3.63, 3.8) is 0 Å². The fourth-order valence-electron chi connectivity index (χ4n) is 1.91. The predicted octanol–water partition coefficient (Wildman–Crippen LogP) is 2.68. The Hall–Kier alpha value is 0.270. The van der Waals surface area contributed by atoms with E-state index >= 15 is 0 Å². The molecular formula is C12H25NOS. The van der Waals surface area contributed by atoms with E-state index in [4.69, 9.17) is 4.74 Å². The van der Waals surface area contributed by atoms with Crippen molar-refractivity contribution in [1.82, 2.24) is 5.32 Å². The first kappa shape index (κ1) is 13.3. The molecule has 0 bridgehead atoms. The summed E-state index contributed by atoms with van der Waals surface area (Å²) in [6, 6.07) is 0.722. The molecule has 0 aliphatic carbocycles. The molecule has 3 heteroatoms. The quantitative estimate of drug-likeness (QED) is 0.681. The van der Waals surface area contributed by atoms with Gasteiger partial charge in [0, 0.05) is 36.8 Å². The van der Waals surface area contributed by atoms with E-state index in [-0.39, 0.29) is 0 Å². The smallest absolute Gasteiger partial charge is 0.0476 e. The summed E-state index contributed by atoms with van der Waals surface area (Å²) in [7, 11) is 0. The zero-order valence-electron chi connectivity index (χ0n) is 10.1. The van der Waals surface area contributed by atoms with Gasteiger partial charge in [-0.25, -0.2) is 0 Å². The average molecular weight is 231 g/mol. The van der Waals surface area contributed by atoms with Crippen molar-refractivity contribution in [2.45, 2.75) is 50.8 Å². The summed E-state index contributed by atoms with van der Waals surface area (Å²) in [5.74, 6) is 1.25. The standard InChI is InChI=1S/C12H25NOS/c1-3-11(4-2)13-7-10-15-12-5-8-14-9-6-12/h11-13H,3-10H2,1-2H3. The summed E-state index contributed by atoms with van der Waals surface area (Å²) in [5, 5.41) is 4.46. The first-order chi connectivity index (χ1) is 7.36. The Morgan fingerprint density at radius 1 is 1.27 bits per heavy atom. The zero-order valence-corrected chi connectivity index (χ0v) is 10.9. The topological polar surface area (TPSA) is 21.3 Å². The lowest BCUT2D eigenvalue weighted by molar-refractivity contribution is 0.100. The summed E-state index contributed by atoms with van der Waals surface area (Å²) in [6.45, 7) is 7.61. The minimum atomic E-state index is 0.722. The maximum Gasteiger partial charge on any atom is 0.0476 e. The molecule has 0 aromatic rings. The molecule has 0 amide bonds. The van der Waals surface area contributed by atoms with Crippen LogP contribution >= 0.6 is 11.8 Å². The van der Waals surface area contributed by atoms with Crippen molar-refractivity contribution in [3.05, 3.63) is 0 Å². The molecule has 0 aromatic heterocycles. The summed E-state index contributed by atoms with van der Waals surface area (Å²) in [5.41, 5.74) is 0. The van der Waals surface area contributed by atoms with Gasteiger partial charge in [-0.05, 0) is 25.7 Å². The first-order valence-electron chi connectivity index (χ1n) is 6.29. The molecule has 0 radical (unpaired) electrons. The fourth-order valence-corrected chi connectivity index (χ4v) is 3.00. The molecule has 0 atom stereocenters. The molecule has 1 aliphatic rings. The second-order valence-corrected chi connectivity index (χ2v) is 5.56. The molecule has 0 aromatic carbocycles. The number of rotatable bonds is 7. The molecule has 2 nitrogen and oxygen atoms in total. The van der Waals surface area contributed by atoms with E-state index in [0.717, 1.165) is 31.1 Å². The highest BCUT2D eigenvalue weighted by Gasteiger charge is 2.13. The highest BCUT2D eigenvalue weighted by atomic mass is 32.2. The Bertz CT molecular complexity index is 145. The van der Waals surface area contributed by atoms with Crippen molar-refractivity contribution < 1.29 is 4.74 Å². The van der Waals surface area contributed by atoms with Crippen LogP contribution in [0.15, 0.2) is 0 Å². The highest BCUT2D eigenvalue weighted by Crippen LogP contribution is 2.21. The average Bonchev–Trinajstić information content (AvgIpc) is 2.31. The van der Waals surface area contributed by atoms with Gasteiger partial charge < -0.3 is 10.1 Å². The van der Waals surface area contributed by atoms with Gasteiger partial charge in [0.1, 0.15) is 0 Å². The van der Waals surface area contributed by atoms with Crippen LogP contribution in [0.25, 0.3) is 0 Å². The van der Waals surface area contributed by atoms with E-state index in [1.807, 2.05) is 0 Å². The van der Waals surface area contributed by atoms with Crippen molar-refractivity contribution >= 4 is 11.8 Å². The molecule has 0 saturated carbocycles. The Kier molecular flexibility index (Phi) is 7.49. The van der Waals surface area contributed by atoms with Crippen molar-refractivity contribution in [2.24, 2.45) is 0 Å². The number of hydrogen-bond acceptors (Lipinski definition) is 3. The second kappa shape index (κ2) is 8.43. The Morgan fingerprint density at radius 3 is 2.53 bits per heavy atom. The zero-order chi connectivity index (χ0) is 10.9. The van der Waals surface area contributed by atoms with E-state index in [1.165, 1.54) is 31.4 Å². The highest BCUT2D eigenvalue weighted by molar-refractivity contribution is 7.99. The van der Waals surface area contributed by atoms with Gasteiger partial charge in [0.15, 0.2) is 0 Å². The molecule has 15 heavy (non-hydrogen) atoms. The van der Waals surface area contributed by atoms with Crippen LogP contribution in [0.1, 0.15) is 39.5 Å². The minimum absolute atomic E-state index is 0.722. The number of hydrogen-bond donors (Lipinski definition) is 1. The van der Waals surface area contributed by atoms with E-state index in [9.17, 15) is 0 Å². The largest absolute Gasteiger partial charge is 0.381 e. The molecule has 0 unspecified atom stereocenters. The predicted molar refractivity (Wildman–Crippen MR) is 68.7 cm³/mol. The Morgan fingerprint density at radius 2 is 1.93 bits per heavy atom. The summed E-state index contributed by atoms with van der Waals surface area (Å²) < 4.78 is 5.35. The summed E-state index contributed by atoms with van der Waals surface area (Å²) in [4.78, 5) is 0. The van der Waals surface area contributed by atoms with Crippen molar-refractivity contribution in [2.75, 3.05) is 25.5 Å². The molecule has 1 saturated heterocycles. The van der Waals surface area contributed by atoms with Crippen molar-refractivity contribution in [1.29, 1.82) is 0 Å². The van der Waals surface area contributed by atoms with Crippen LogP contribution in [-0.2, 0) is 4.74 Å². The number of nitrogens with one attached hydrogen (secondary N) is 1. The van der Waals surface area contributed by atoms with Crippen LogP contribution in [0.2, 0.25) is 0 Å². The maximum atomic E-state index is 5.35. The van der Waals surface area contributed by atoms with Gasteiger partial charge in [-0.1, -0.05) is 13.8 Å². The Balaban J connectivity index is 1.95. The van der Waals surface area contributed by atoms with Gasteiger partial charge in [0.25, 0.3) is 0 Å². The third-order valence-electron chi connectivity index (χ3n) is 3.04. The lowest BCUT2D eigenvalue weighted by Crippen LogP contribution is -2.30. The summed E-state index contributed by atoms with van der Waals surface area (Å²) in [6.07, 6.45) is 4.99. The van der Waals surface area contributed by atoms with Gasteiger partial charge in [-0.15, -0.1) is 0 Å². The van der Waals surface area contributed by atoms with E-state index in [2.05, 4.69) is 30.9 Å². The van der Waals surface area contributed by atoms with E-state index in [1.54, 1.807) is 0 Å². The van der Waals surface area contributed by atoms with Gasteiger partial charge in [-0.3, -0.25) is 0 Å². The molecule has 90 valence electrons. The molecular weight excluding hydrogens is 206 g/mol. The third-order valence-corrected chi connectivity index (χ3v) is 4.43. The third kappa shape index (κ3) is 5.79. The van der Waals surface area contributed by atoms with Crippen LogP contribution in [0, 0.1) is 0 Å². The van der Waals surface area contributed by atoms with Gasteiger partial charge >= 0.3 is 0 Å². The van der Waals surface area contributed by atoms with E-state index < -0.39 is 0 Å². The lowest BCUT2D eigenvalue weighted by atomic mass is 10.2. The normalized spacial score (nSPS) is 18.6. The van der Waals surface area contributed by atoms with Crippen LogP contribution in [0.3, 0.4) is 0 Å². The summed E-state index contributed by atoms with van der Waals surface area (Å²) >= 11 is 2.12. The van der Waals surface area contributed by atoms with Crippen LogP contribution < -0.4 is 5.32 Å². The number of thioether (sulfide) groups is 1. The van der Waals surface area contributed by atoms with Gasteiger partial charge in [-0.2, -0.15) is 11.8 Å². The molecule has 1 aliphatic heterocycles.